The molecule has 1 atom stereocenters. The average molecular weight is 221 g/mol. The number of nitrogens with zero attached hydrogens (tertiary/aromatic N) is 1. The minimum atomic E-state index is -1.27. The molecule has 1 N–H and O–H groups in total. The highest BCUT2D eigenvalue weighted by molar-refractivity contribution is 6.02. The number of amides is 1. The van der Waals surface area contributed by atoms with Crippen LogP contribution in [0.15, 0.2) is 35.2 Å². The fourth-order valence-corrected chi connectivity index (χ4v) is 1.38. The van der Waals surface area contributed by atoms with Crippen molar-refractivity contribution in [3.8, 4) is 0 Å². The molecule has 1 aliphatic carbocycles. The van der Waals surface area contributed by atoms with E-state index in [1.165, 1.54) is 0 Å². The summed E-state index contributed by atoms with van der Waals surface area (Å²) in [5, 5.41) is 2.43. The van der Waals surface area contributed by atoms with Gasteiger partial charge in [-0.1, -0.05) is 30.2 Å². The number of ether oxygens (including phenoxy) is 1. The maximum absolute atomic E-state index is 11.9. The van der Waals surface area contributed by atoms with E-state index in [0.717, 1.165) is 12.8 Å². The standard InChI is InChI=1S/C12H12N2O2/c15-11-10(8-4-2-1-3-5-8)16-12(14-11)13-9-6-7-9/h1-5,9-10H,6-7H2,(H,13,14,15)/i1D,2D,3D,4D,5D. The molecule has 1 aliphatic heterocycles. The van der Waals surface area contributed by atoms with Gasteiger partial charge in [-0.05, 0) is 12.8 Å². The van der Waals surface area contributed by atoms with E-state index in [0.29, 0.717) is 0 Å². The number of rotatable bonds is 2. The van der Waals surface area contributed by atoms with E-state index in [-0.39, 0.29) is 17.6 Å². The number of carbonyl (C=O) groups is 1. The Kier molecular flexibility index (Phi) is 1.24. The molecule has 2 fully saturated rings. The number of aliphatic imine (C=N–C) groups is 1. The number of benzene rings is 1. The van der Waals surface area contributed by atoms with Crippen molar-refractivity contribution in [2.24, 2.45) is 4.99 Å². The summed E-state index contributed by atoms with van der Waals surface area (Å²) < 4.78 is 43.8. The van der Waals surface area contributed by atoms with Gasteiger partial charge in [-0.25, -0.2) is 4.99 Å². The molecule has 0 aromatic heterocycles. The van der Waals surface area contributed by atoms with Crippen molar-refractivity contribution < 1.29 is 16.4 Å². The zero-order valence-electron chi connectivity index (χ0n) is 13.3. The van der Waals surface area contributed by atoms with Crippen LogP contribution in [0.5, 0.6) is 0 Å². The van der Waals surface area contributed by atoms with Crippen LogP contribution in [0, 0.1) is 0 Å². The molecule has 4 heteroatoms. The van der Waals surface area contributed by atoms with Crippen molar-refractivity contribution in [2.45, 2.75) is 25.0 Å². The van der Waals surface area contributed by atoms with E-state index in [2.05, 4.69) is 10.3 Å². The molecule has 0 radical (unpaired) electrons. The highest BCUT2D eigenvalue weighted by Crippen LogP contribution is 2.26. The predicted octanol–water partition coefficient (Wildman–Crippen LogP) is 1.39. The maximum atomic E-state index is 11.9. The van der Waals surface area contributed by atoms with Crippen molar-refractivity contribution in [1.29, 1.82) is 0 Å². The summed E-state index contributed by atoms with van der Waals surface area (Å²) in [6.45, 7) is 0. The van der Waals surface area contributed by atoms with Crippen LogP contribution in [-0.2, 0) is 9.53 Å². The molecular formula is C12H12N2O2. The molecule has 1 aromatic rings. The van der Waals surface area contributed by atoms with Crippen molar-refractivity contribution in [2.75, 3.05) is 0 Å². The Hall–Kier alpha value is -1.84. The van der Waals surface area contributed by atoms with Gasteiger partial charge >= 0.3 is 0 Å². The first-order chi connectivity index (χ1) is 9.90. The molecule has 4 nitrogen and oxygen atoms in total. The summed E-state index contributed by atoms with van der Waals surface area (Å²) >= 11 is 0. The van der Waals surface area contributed by atoms with Crippen LogP contribution in [0.2, 0.25) is 0 Å². The molecule has 1 amide bonds. The van der Waals surface area contributed by atoms with E-state index in [9.17, 15) is 4.79 Å². The largest absolute Gasteiger partial charge is 0.447 e. The smallest absolute Gasteiger partial charge is 0.292 e. The van der Waals surface area contributed by atoms with Crippen LogP contribution in [-0.4, -0.2) is 18.0 Å². The van der Waals surface area contributed by atoms with E-state index >= 15 is 0 Å². The molecule has 1 aromatic carbocycles. The normalized spacial score (nSPS) is 31.0. The number of hydrogen-bond donors (Lipinski definition) is 1. The first-order valence-corrected chi connectivity index (χ1v) is 5.02. The van der Waals surface area contributed by atoms with Crippen LogP contribution in [0.4, 0.5) is 0 Å². The number of nitrogens with one attached hydrogen (secondary N) is 1. The second kappa shape index (κ2) is 3.63. The van der Waals surface area contributed by atoms with Gasteiger partial charge in [-0.15, -0.1) is 0 Å². The Morgan fingerprint density at radius 3 is 2.81 bits per heavy atom. The molecule has 0 spiro atoms. The monoisotopic (exact) mass is 221 g/mol. The van der Waals surface area contributed by atoms with Gasteiger partial charge in [0.15, 0.2) is 0 Å². The lowest BCUT2D eigenvalue weighted by Crippen LogP contribution is -2.22. The maximum Gasteiger partial charge on any atom is 0.292 e. The Bertz CT molecular complexity index is 643. The van der Waals surface area contributed by atoms with Gasteiger partial charge < -0.3 is 4.74 Å². The molecule has 1 saturated heterocycles. The number of amidine groups is 1. The summed E-state index contributed by atoms with van der Waals surface area (Å²) in [6.07, 6.45) is 0.598. The molecule has 1 saturated carbocycles. The van der Waals surface area contributed by atoms with Crippen LogP contribution in [0.25, 0.3) is 0 Å². The summed E-state index contributed by atoms with van der Waals surface area (Å²) in [5.41, 5.74) is -0.167. The molecule has 0 bridgehead atoms. The van der Waals surface area contributed by atoms with E-state index in [1.807, 2.05) is 0 Å². The lowest BCUT2D eigenvalue weighted by atomic mass is 10.1. The zero-order valence-corrected chi connectivity index (χ0v) is 8.33. The third-order valence-corrected chi connectivity index (χ3v) is 2.33. The van der Waals surface area contributed by atoms with E-state index in [1.54, 1.807) is 0 Å². The SMILES string of the molecule is [2H]c1c([2H])c([2H])c(C2OC(=NC3CC3)NC2=O)c([2H])c1[2H]. The van der Waals surface area contributed by atoms with Gasteiger partial charge in [0.25, 0.3) is 11.9 Å². The molecule has 3 rings (SSSR count). The van der Waals surface area contributed by atoms with Crippen LogP contribution in [0.1, 0.15) is 31.4 Å². The van der Waals surface area contributed by atoms with Gasteiger partial charge in [0, 0.05) is 5.56 Å². The lowest BCUT2D eigenvalue weighted by Gasteiger charge is -2.06. The Labute approximate surface area is 100 Å². The molecular weight excluding hydrogens is 204 g/mol. The lowest BCUT2D eigenvalue weighted by molar-refractivity contribution is -0.123. The first-order valence-electron chi connectivity index (χ1n) is 7.52. The quantitative estimate of drug-likeness (QED) is 0.820. The second-order valence-corrected chi connectivity index (χ2v) is 3.69. The number of carbonyl (C=O) groups excluding carboxylic acids is 1. The predicted molar refractivity (Wildman–Crippen MR) is 58.9 cm³/mol. The Morgan fingerprint density at radius 1 is 1.38 bits per heavy atom. The average Bonchev–Trinajstić information content (AvgIpc) is 3.18. The van der Waals surface area contributed by atoms with Gasteiger partial charge in [0.2, 0.25) is 6.10 Å². The topological polar surface area (TPSA) is 50.7 Å². The minimum absolute atomic E-state index is 0.0549. The molecule has 82 valence electrons. The molecule has 1 heterocycles. The van der Waals surface area contributed by atoms with Crippen molar-refractivity contribution >= 4 is 11.9 Å². The third kappa shape index (κ3) is 1.78. The summed E-state index contributed by atoms with van der Waals surface area (Å²) in [5.74, 6) is -0.576. The zero-order chi connectivity index (χ0) is 15.3. The minimum Gasteiger partial charge on any atom is -0.447 e. The highest BCUT2D eigenvalue weighted by Gasteiger charge is 2.33. The molecule has 16 heavy (non-hydrogen) atoms. The van der Waals surface area contributed by atoms with Crippen molar-refractivity contribution in [3.05, 3.63) is 35.8 Å². The van der Waals surface area contributed by atoms with Gasteiger partial charge in [0.05, 0.1) is 12.9 Å². The van der Waals surface area contributed by atoms with Crippen LogP contribution >= 0.6 is 0 Å². The summed E-state index contributed by atoms with van der Waals surface area (Å²) in [4.78, 5) is 16.1. The van der Waals surface area contributed by atoms with Crippen molar-refractivity contribution in [3.63, 3.8) is 0 Å². The summed E-state index contributed by atoms with van der Waals surface area (Å²) in [7, 11) is 0. The molecule has 1 unspecified atom stereocenters. The third-order valence-electron chi connectivity index (χ3n) is 2.33. The first kappa shape index (κ1) is 5.48. The molecule has 2 aliphatic rings. The van der Waals surface area contributed by atoms with Crippen LogP contribution in [0.3, 0.4) is 0 Å². The van der Waals surface area contributed by atoms with E-state index in [4.69, 9.17) is 11.6 Å². The van der Waals surface area contributed by atoms with Gasteiger partial charge in [0.1, 0.15) is 0 Å². The Balaban J connectivity index is 2.02. The summed E-state index contributed by atoms with van der Waals surface area (Å²) in [6, 6.07) is -2.16. The number of hydrogen-bond acceptors (Lipinski definition) is 3. The van der Waals surface area contributed by atoms with Gasteiger partial charge in [-0.3, -0.25) is 10.1 Å². The fourth-order valence-electron chi connectivity index (χ4n) is 1.38. The second-order valence-electron chi connectivity index (χ2n) is 3.69. The van der Waals surface area contributed by atoms with Crippen molar-refractivity contribution in [1.82, 2.24) is 5.32 Å². The highest BCUT2D eigenvalue weighted by atomic mass is 16.5. The van der Waals surface area contributed by atoms with E-state index < -0.39 is 42.2 Å². The Morgan fingerprint density at radius 2 is 2.12 bits per heavy atom. The van der Waals surface area contributed by atoms with Gasteiger partial charge in [-0.2, -0.15) is 0 Å². The fraction of sp³-hybridized carbons (Fsp3) is 0.333. The van der Waals surface area contributed by atoms with Crippen LogP contribution < -0.4 is 5.32 Å².